The van der Waals surface area contributed by atoms with E-state index in [2.05, 4.69) is 11.2 Å². The van der Waals surface area contributed by atoms with Gasteiger partial charge in [0.25, 0.3) is 0 Å². The highest BCUT2D eigenvalue weighted by atomic mass is 35.5. The van der Waals surface area contributed by atoms with Gasteiger partial charge in [-0.2, -0.15) is 10.4 Å². The maximum atomic E-state index is 12.4. The number of carbonyl (C=O) groups excluding carboxylic acids is 1. The van der Waals surface area contributed by atoms with Crippen molar-refractivity contribution in [2.75, 3.05) is 11.4 Å². The fourth-order valence-electron chi connectivity index (χ4n) is 2.87. The molecule has 1 aliphatic rings. The molecule has 2 heterocycles. The molecule has 3 rings (SSSR count). The summed E-state index contributed by atoms with van der Waals surface area (Å²) in [5.41, 5.74) is 1.16. The second-order valence-corrected chi connectivity index (χ2v) is 6.35. The number of halogens is 2. The third-order valence-electron chi connectivity index (χ3n) is 4.03. The number of aryl methyl sites for hydroxylation is 1. The molecule has 1 fully saturated rings. The number of aromatic hydroxyl groups is 1. The molecule has 0 unspecified atom stereocenters. The number of benzene rings is 1. The Morgan fingerprint density at radius 2 is 2.21 bits per heavy atom. The number of nitriles is 1. The summed E-state index contributed by atoms with van der Waals surface area (Å²) in [5.74, 6) is -0.282. The molecule has 124 valence electrons. The zero-order valence-corrected chi connectivity index (χ0v) is 14.1. The van der Waals surface area contributed by atoms with Gasteiger partial charge in [0, 0.05) is 30.6 Å². The van der Waals surface area contributed by atoms with E-state index in [0.717, 1.165) is 0 Å². The van der Waals surface area contributed by atoms with E-state index in [0.29, 0.717) is 35.8 Å². The van der Waals surface area contributed by atoms with E-state index in [9.17, 15) is 9.90 Å². The monoisotopic (exact) mass is 364 g/mol. The highest BCUT2D eigenvalue weighted by Gasteiger charge is 2.35. The highest BCUT2D eigenvalue weighted by Crippen LogP contribution is 2.42. The lowest BCUT2D eigenvalue weighted by atomic mass is 9.97. The fraction of sp³-hybridized carbons (Fsp3) is 0.312. The third-order valence-corrected chi connectivity index (χ3v) is 4.85. The number of anilines is 1. The highest BCUT2D eigenvalue weighted by molar-refractivity contribution is 6.42. The molecule has 0 bridgehead atoms. The number of phenols is 1. The van der Waals surface area contributed by atoms with E-state index in [-0.39, 0.29) is 29.0 Å². The Balaban J connectivity index is 1.83. The number of amides is 1. The van der Waals surface area contributed by atoms with Crippen LogP contribution in [0.25, 0.3) is 0 Å². The number of hydrogen-bond donors (Lipinski definition) is 1. The van der Waals surface area contributed by atoms with Crippen molar-refractivity contribution in [3.05, 3.63) is 40.1 Å². The Kier molecular flexibility index (Phi) is 4.65. The van der Waals surface area contributed by atoms with Gasteiger partial charge in [-0.15, -0.1) is 0 Å². The SMILES string of the molecule is N#CCCn1cc(N2C[C@H](c3c(O)ccc(Cl)c3Cl)CC2=O)cn1. The Bertz CT molecular complexity index is 828. The van der Waals surface area contributed by atoms with Gasteiger partial charge in [-0.05, 0) is 12.1 Å². The lowest BCUT2D eigenvalue weighted by Crippen LogP contribution is -2.23. The lowest BCUT2D eigenvalue weighted by Gasteiger charge is -2.16. The summed E-state index contributed by atoms with van der Waals surface area (Å²) in [7, 11) is 0. The summed E-state index contributed by atoms with van der Waals surface area (Å²) in [6, 6.07) is 5.06. The first-order valence-corrected chi connectivity index (χ1v) is 8.13. The van der Waals surface area contributed by atoms with Crippen LogP contribution in [0.1, 0.15) is 24.3 Å². The van der Waals surface area contributed by atoms with Crippen molar-refractivity contribution in [1.82, 2.24) is 9.78 Å². The normalized spacial score (nSPS) is 17.3. The molecule has 1 amide bonds. The maximum Gasteiger partial charge on any atom is 0.227 e. The Morgan fingerprint density at radius 3 is 2.96 bits per heavy atom. The second-order valence-electron chi connectivity index (χ2n) is 5.57. The largest absolute Gasteiger partial charge is 0.508 e. The molecule has 0 aliphatic carbocycles. The maximum absolute atomic E-state index is 12.4. The zero-order chi connectivity index (χ0) is 17.3. The zero-order valence-electron chi connectivity index (χ0n) is 12.6. The number of carbonyl (C=O) groups is 1. The van der Waals surface area contributed by atoms with Gasteiger partial charge in [-0.25, -0.2) is 0 Å². The molecule has 1 N–H and O–H groups in total. The molecule has 0 spiro atoms. The van der Waals surface area contributed by atoms with Crippen molar-refractivity contribution >= 4 is 34.8 Å². The summed E-state index contributed by atoms with van der Waals surface area (Å²) < 4.78 is 1.63. The average Bonchev–Trinajstić information content (AvgIpc) is 3.16. The number of phenolic OH excluding ortho intramolecular Hbond substituents is 1. The van der Waals surface area contributed by atoms with E-state index in [1.54, 1.807) is 22.0 Å². The Morgan fingerprint density at radius 1 is 1.42 bits per heavy atom. The van der Waals surface area contributed by atoms with Gasteiger partial charge >= 0.3 is 0 Å². The quantitative estimate of drug-likeness (QED) is 0.901. The van der Waals surface area contributed by atoms with Crippen molar-refractivity contribution in [2.45, 2.75) is 25.3 Å². The molecule has 2 aromatic rings. The molecule has 0 saturated carbocycles. The van der Waals surface area contributed by atoms with Gasteiger partial charge in [0.2, 0.25) is 5.91 Å². The standard InChI is InChI=1S/C16H14Cl2N4O2/c17-12-2-3-13(23)15(16(12)18)10-6-14(24)22(8-10)11-7-20-21(9-11)5-1-4-19/h2-3,7,9-10,23H,1,5-6,8H2/t10-/m1/s1. The van der Waals surface area contributed by atoms with Gasteiger partial charge < -0.3 is 10.0 Å². The van der Waals surface area contributed by atoms with Gasteiger partial charge in [-0.1, -0.05) is 23.2 Å². The van der Waals surface area contributed by atoms with Crippen molar-refractivity contribution in [1.29, 1.82) is 5.26 Å². The van der Waals surface area contributed by atoms with Crippen LogP contribution in [0.3, 0.4) is 0 Å². The minimum absolute atomic E-state index is 0.0359. The topological polar surface area (TPSA) is 82.1 Å². The molecule has 1 atom stereocenters. The minimum Gasteiger partial charge on any atom is -0.508 e. The number of hydrogen-bond acceptors (Lipinski definition) is 4. The van der Waals surface area contributed by atoms with Crippen molar-refractivity contribution < 1.29 is 9.90 Å². The van der Waals surface area contributed by atoms with E-state index >= 15 is 0 Å². The molecule has 1 aromatic heterocycles. The van der Waals surface area contributed by atoms with Crippen LogP contribution in [0.4, 0.5) is 5.69 Å². The van der Waals surface area contributed by atoms with Crippen LogP contribution in [0.2, 0.25) is 10.0 Å². The number of rotatable bonds is 4. The first-order valence-electron chi connectivity index (χ1n) is 7.38. The Hall–Kier alpha value is -2.23. The summed E-state index contributed by atoms with van der Waals surface area (Å²) in [6.07, 6.45) is 3.91. The van der Waals surface area contributed by atoms with E-state index < -0.39 is 0 Å². The number of nitrogens with zero attached hydrogens (tertiary/aromatic N) is 4. The predicted octanol–water partition coefficient (Wildman–Crippen LogP) is 3.33. The second kappa shape index (κ2) is 6.71. The van der Waals surface area contributed by atoms with E-state index in [1.807, 2.05) is 0 Å². The molecule has 8 heteroatoms. The van der Waals surface area contributed by atoms with Crippen LogP contribution in [0.5, 0.6) is 5.75 Å². The first kappa shape index (κ1) is 16.6. The molecule has 6 nitrogen and oxygen atoms in total. The van der Waals surface area contributed by atoms with Crippen LogP contribution >= 0.6 is 23.2 Å². The van der Waals surface area contributed by atoms with Gasteiger partial charge in [0.05, 0.1) is 41.0 Å². The summed E-state index contributed by atoms with van der Waals surface area (Å²) in [5, 5.41) is 23.5. The van der Waals surface area contributed by atoms with Crippen LogP contribution in [-0.2, 0) is 11.3 Å². The minimum atomic E-state index is -0.244. The molecule has 1 aliphatic heterocycles. The molecule has 1 saturated heterocycles. The lowest BCUT2D eigenvalue weighted by molar-refractivity contribution is -0.117. The van der Waals surface area contributed by atoms with E-state index in [4.69, 9.17) is 28.5 Å². The van der Waals surface area contributed by atoms with Gasteiger partial charge in [0.15, 0.2) is 0 Å². The van der Waals surface area contributed by atoms with Crippen LogP contribution in [-0.4, -0.2) is 27.3 Å². The fourth-order valence-corrected chi connectivity index (χ4v) is 3.35. The van der Waals surface area contributed by atoms with Gasteiger partial charge in [-0.3, -0.25) is 9.48 Å². The smallest absolute Gasteiger partial charge is 0.227 e. The molecule has 1 aromatic carbocycles. The van der Waals surface area contributed by atoms with E-state index in [1.165, 1.54) is 12.1 Å². The Labute approximate surface area is 148 Å². The van der Waals surface area contributed by atoms with Crippen LogP contribution in [0, 0.1) is 11.3 Å². The average molecular weight is 365 g/mol. The van der Waals surface area contributed by atoms with Crippen LogP contribution in [0.15, 0.2) is 24.5 Å². The number of aromatic nitrogens is 2. The predicted molar refractivity (Wildman–Crippen MR) is 90.3 cm³/mol. The third kappa shape index (κ3) is 3.05. The van der Waals surface area contributed by atoms with Crippen molar-refractivity contribution in [3.8, 4) is 11.8 Å². The van der Waals surface area contributed by atoms with Crippen LogP contribution < -0.4 is 4.90 Å². The molecular formula is C16H14Cl2N4O2. The first-order chi connectivity index (χ1) is 11.5. The molecular weight excluding hydrogens is 351 g/mol. The van der Waals surface area contributed by atoms with Gasteiger partial charge in [0.1, 0.15) is 5.75 Å². The molecule has 24 heavy (non-hydrogen) atoms. The van der Waals surface area contributed by atoms with Crippen molar-refractivity contribution in [3.63, 3.8) is 0 Å². The van der Waals surface area contributed by atoms with Crippen molar-refractivity contribution in [2.24, 2.45) is 0 Å². The summed E-state index contributed by atoms with van der Waals surface area (Å²) >= 11 is 12.2. The summed E-state index contributed by atoms with van der Waals surface area (Å²) in [6.45, 7) is 0.860. The molecule has 0 radical (unpaired) electrons. The summed E-state index contributed by atoms with van der Waals surface area (Å²) in [4.78, 5) is 14.0.